The Morgan fingerprint density at radius 2 is 1.81 bits per heavy atom. The third-order valence-electron chi connectivity index (χ3n) is 5.04. The van der Waals surface area contributed by atoms with Crippen molar-refractivity contribution in [2.75, 3.05) is 7.11 Å². The minimum absolute atomic E-state index is 0. The van der Waals surface area contributed by atoms with Crippen LogP contribution in [0.3, 0.4) is 0 Å². The van der Waals surface area contributed by atoms with E-state index in [0.717, 1.165) is 26.0 Å². The number of rotatable bonds is 4. The molecule has 0 aliphatic heterocycles. The fourth-order valence-electron chi connectivity index (χ4n) is 3.90. The van der Waals surface area contributed by atoms with Gasteiger partial charge in [-0.1, -0.05) is 0 Å². The summed E-state index contributed by atoms with van der Waals surface area (Å²) >= 11 is 0. The van der Waals surface area contributed by atoms with Gasteiger partial charge in [0.15, 0.2) is 0 Å². The molecule has 0 heterocycles. The second-order valence-electron chi connectivity index (χ2n) is 7.13. The Kier molecular flexibility index (Phi) is 5.87. The summed E-state index contributed by atoms with van der Waals surface area (Å²) in [6.45, 7) is 0. The van der Waals surface area contributed by atoms with Crippen LogP contribution in [0.25, 0.3) is 0 Å². The van der Waals surface area contributed by atoms with Crippen molar-refractivity contribution in [2.45, 2.75) is 48.8 Å². The van der Waals surface area contributed by atoms with E-state index in [4.69, 9.17) is 5.73 Å². The van der Waals surface area contributed by atoms with Crippen molar-refractivity contribution in [1.82, 2.24) is 4.72 Å². The summed E-state index contributed by atoms with van der Waals surface area (Å²) in [5.41, 5.74) is 4.12. The first kappa shape index (κ1) is 21.9. The molecule has 27 heavy (non-hydrogen) atoms. The molecule has 1 aromatic rings. The van der Waals surface area contributed by atoms with Crippen molar-refractivity contribution in [2.24, 2.45) is 11.1 Å². The van der Waals surface area contributed by atoms with E-state index in [2.05, 4.69) is 9.46 Å². The number of nitrogens with two attached hydrogens (primary N) is 1. The monoisotopic (exact) mass is 428 g/mol. The molecule has 0 radical (unpaired) electrons. The van der Waals surface area contributed by atoms with Crippen molar-refractivity contribution in [3.05, 3.63) is 29.3 Å². The number of halogens is 4. The SMILES string of the molecule is COC(=O)c1cc(C(F)(F)F)cc(S(=O)(=O)NC2CC3(CC(N)C3)C2)c1.Cl. The Labute approximate surface area is 161 Å². The van der Waals surface area contributed by atoms with E-state index in [1.54, 1.807) is 0 Å². The first-order valence-electron chi connectivity index (χ1n) is 8.03. The lowest BCUT2D eigenvalue weighted by atomic mass is 9.52. The number of carbonyl (C=O) groups excluding carboxylic acids is 1. The van der Waals surface area contributed by atoms with Crippen LogP contribution in [0, 0.1) is 5.41 Å². The van der Waals surface area contributed by atoms with Crippen molar-refractivity contribution >= 4 is 28.4 Å². The topological polar surface area (TPSA) is 98.5 Å². The number of alkyl halides is 3. The standard InChI is InChI=1S/C16H19F3N2O4S.ClH/c1-25-14(22)9-2-10(16(17,18)19)4-13(3-9)26(23,24)21-12-7-15(8-12)5-11(20)6-15;/h2-4,11-12,21H,5-8,20H2,1H3;1H. The molecule has 0 aromatic heterocycles. The van der Waals surface area contributed by atoms with Crippen LogP contribution in [0.4, 0.5) is 13.2 Å². The summed E-state index contributed by atoms with van der Waals surface area (Å²) in [7, 11) is -3.20. The summed E-state index contributed by atoms with van der Waals surface area (Å²) in [4.78, 5) is 11.0. The lowest BCUT2D eigenvalue weighted by molar-refractivity contribution is -0.137. The van der Waals surface area contributed by atoms with Crippen LogP contribution >= 0.6 is 12.4 Å². The number of hydrogen-bond acceptors (Lipinski definition) is 5. The van der Waals surface area contributed by atoms with Crippen molar-refractivity contribution in [3.63, 3.8) is 0 Å². The molecule has 0 saturated heterocycles. The Balaban J connectivity index is 0.00000261. The van der Waals surface area contributed by atoms with Crippen LogP contribution < -0.4 is 10.5 Å². The maximum Gasteiger partial charge on any atom is 0.416 e. The third kappa shape index (κ3) is 4.39. The first-order chi connectivity index (χ1) is 11.9. The molecule has 6 nitrogen and oxygen atoms in total. The normalized spacial score (nSPS) is 27.3. The molecular weight excluding hydrogens is 409 g/mol. The second-order valence-corrected chi connectivity index (χ2v) is 8.84. The predicted octanol–water partition coefficient (Wildman–Crippen LogP) is 2.46. The van der Waals surface area contributed by atoms with Gasteiger partial charge >= 0.3 is 12.1 Å². The predicted molar refractivity (Wildman–Crippen MR) is 93.0 cm³/mol. The first-order valence-corrected chi connectivity index (χ1v) is 9.51. The summed E-state index contributed by atoms with van der Waals surface area (Å²) < 4.78 is 71.0. The molecule has 0 amide bonds. The molecule has 152 valence electrons. The molecule has 0 bridgehead atoms. The van der Waals surface area contributed by atoms with Gasteiger partial charge < -0.3 is 10.5 Å². The zero-order valence-corrected chi connectivity index (χ0v) is 16.0. The molecule has 2 aliphatic carbocycles. The minimum Gasteiger partial charge on any atom is -0.465 e. The molecule has 1 spiro atoms. The summed E-state index contributed by atoms with van der Waals surface area (Å²) in [6, 6.07) is 1.76. The van der Waals surface area contributed by atoms with Gasteiger partial charge in [-0.15, -0.1) is 12.4 Å². The Hall–Kier alpha value is -1.36. The summed E-state index contributed by atoms with van der Waals surface area (Å²) in [5.74, 6) is -1.04. The summed E-state index contributed by atoms with van der Waals surface area (Å²) in [5, 5.41) is 0. The zero-order valence-electron chi connectivity index (χ0n) is 14.4. The fourth-order valence-corrected chi connectivity index (χ4v) is 5.20. The maximum atomic E-state index is 13.1. The van der Waals surface area contributed by atoms with E-state index in [1.165, 1.54) is 0 Å². The van der Waals surface area contributed by atoms with Crippen molar-refractivity contribution in [1.29, 1.82) is 0 Å². The van der Waals surface area contributed by atoms with Crippen LogP contribution in [0.2, 0.25) is 0 Å². The second kappa shape index (κ2) is 7.23. The van der Waals surface area contributed by atoms with Gasteiger partial charge in [0.2, 0.25) is 10.0 Å². The molecule has 0 unspecified atom stereocenters. The van der Waals surface area contributed by atoms with Gasteiger partial charge in [-0.3, -0.25) is 0 Å². The molecule has 11 heteroatoms. The van der Waals surface area contributed by atoms with Crippen molar-refractivity contribution < 1.29 is 31.1 Å². The van der Waals surface area contributed by atoms with Gasteiger partial charge in [0.1, 0.15) is 0 Å². The largest absolute Gasteiger partial charge is 0.465 e. The van der Waals surface area contributed by atoms with Crippen LogP contribution in [0.15, 0.2) is 23.1 Å². The van der Waals surface area contributed by atoms with Gasteiger partial charge in [-0.25, -0.2) is 17.9 Å². The van der Waals surface area contributed by atoms with E-state index in [0.29, 0.717) is 25.0 Å². The van der Waals surface area contributed by atoms with E-state index < -0.39 is 38.2 Å². The van der Waals surface area contributed by atoms with Gasteiger partial charge in [0.05, 0.1) is 23.1 Å². The minimum atomic E-state index is -4.79. The smallest absolute Gasteiger partial charge is 0.416 e. The van der Waals surface area contributed by atoms with Crippen LogP contribution in [-0.4, -0.2) is 33.6 Å². The molecule has 3 N–H and O–H groups in total. The molecule has 2 saturated carbocycles. The number of hydrogen-bond donors (Lipinski definition) is 2. The third-order valence-corrected chi connectivity index (χ3v) is 6.54. The average molecular weight is 429 g/mol. The lowest BCUT2D eigenvalue weighted by Gasteiger charge is -2.56. The van der Waals surface area contributed by atoms with Gasteiger partial charge in [-0.05, 0) is 49.3 Å². The Morgan fingerprint density at radius 1 is 1.22 bits per heavy atom. The average Bonchev–Trinajstić information content (AvgIpc) is 2.49. The number of ether oxygens (including phenoxy) is 1. The molecule has 1 aromatic carbocycles. The highest BCUT2D eigenvalue weighted by Crippen LogP contribution is 2.55. The number of sulfonamides is 1. The number of methoxy groups -OCH3 is 1. The van der Waals surface area contributed by atoms with Gasteiger partial charge in [0, 0.05) is 12.1 Å². The molecule has 3 rings (SSSR count). The number of benzene rings is 1. The maximum absolute atomic E-state index is 13.1. The highest BCUT2D eigenvalue weighted by molar-refractivity contribution is 7.89. The Bertz CT molecular complexity index is 831. The van der Waals surface area contributed by atoms with E-state index >= 15 is 0 Å². The molecular formula is C16H20ClF3N2O4S. The quantitative estimate of drug-likeness (QED) is 0.718. The van der Waals surface area contributed by atoms with Crippen LogP contribution in [0.1, 0.15) is 41.6 Å². The number of esters is 1. The zero-order chi connectivity index (χ0) is 19.3. The lowest BCUT2D eigenvalue weighted by Crippen LogP contribution is -2.59. The van der Waals surface area contributed by atoms with Crippen molar-refractivity contribution in [3.8, 4) is 0 Å². The number of carbonyl (C=O) groups is 1. The highest BCUT2D eigenvalue weighted by Gasteiger charge is 2.52. The van der Waals surface area contributed by atoms with Gasteiger partial charge in [0.25, 0.3) is 0 Å². The van der Waals surface area contributed by atoms with Gasteiger partial charge in [-0.2, -0.15) is 13.2 Å². The fraction of sp³-hybridized carbons (Fsp3) is 0.562. The number of nitrogens with one attached hydrogen (secondary N) is 1. The summed E-state index contributed by atoms with van der Waals surface area (Å²) in [6.07, 6.45) is -1.90. The highest BCUT2D eigenvalue weighted by atomic mass is 35.5. The van der Waals surface area contributed by atoms with E-state index in [-0.39, 0.29) is 29.9 Å². The Morgan fingerprint density at radius 3 is 2.30 bits per heavy atom. The molecule has 2 aliphatic rings. The van der Waals surface area contributed by atoms with Crippen LogP contribution in [0.5, 0.6) is 0 Å². The molecule has 2 fully saturated rings. The van der Waals surface area contributed by atoms with Crippen LogP contribution in [-0.2, 0) is 20.9 Å². The van der Waals surface area contributed by atoms with E-state index in [9.17, 15) is 26.4 Å². The molecule has 0 atom stereocenters. The van der Waals surface area contributed by atoms with E-state index in [1.807, 2.05) is 0 Å².